The standard InChI is InChI=1S/C18H20N2/c1-13-4-6-15(7-5-13)17-12-16(18(2,3)20-17)14-8-10-19-11-9-14/h4-11,16H,12H2,1-3H3. The second-order valence-corrected chi connectivity index (χ2v) is 6.12. The smallest absolute Gasteiger partial charge is 0.0627 e. The topological polar surface area (TPSA) is 25.2 Å². The number of aliphatic imine (C=N–C) groups is 1. The third kappa shape index (κ3) is 2.38. The maximum atomic E-state index is 4.97. The van der Waals surface area contributed by atoms with Crippen molar-refractivity contribution in [3.8, 4) is 0 Å². The SMILES string of the molecule is Cc1ccc(C2=NC(C)(C)C(c3ccncc3)C2)cc1. The molecule has 0 fully saturated rings. The fraction of sp³-hybridized carbons (Fsp3) is 0.333. The van der Waals surface area contributed by atoms with Gasteiger partial charge in [0, 0.05) is 24.0 Å². The quantitative estimate of drug-likeness (QED) is 0.800. The molecule has 0 saturated heterocycles. The van der Waals surface area contributed by atoms with E-state index in [1.54, 1.807) is 0 Å². The Hall–Kier alpha value is -1.96. The van der Waals surface area contributed by atoms with Gasteiger partial charge in [-0.1, -0.05) is 29.8 Å². The number of aromatic nitrogens is 1. The molecule has 0 radical (unpaired) electrons. The van der Waals surface area contributed by atoms with E-state index in [4.69, 9.17) is 4.99 Å². The Labute approximate surface area is 120 Å². The van der Waals surface area contributed by atoms with Gasteiger partial charge >= 0.3 is 0 Å². The zero-order valence-corrected chi connectivity index (χ0v) is 12.3. The van der Waals surface area contributed by atoms with E-state index in [0.717, 1.165) is 6.42 Å². The third-order valence-electron chi connectivity index (χ3n) is 4.17. The highest BCUT2D eigenvalue weighted by Gasteiger charge is 2.37. The lowest BCUT2D eigenvalue weighted by Gasteiger charge is -2.24. The van der Waals surface area contributed by atoms with Crippen LogP contribution in [0.2, 0.25) is 0 Å². The number of nitrogens with zero attached hydrogens (tertiary/aromatic N) is 2. The number of rotatable bonds is 2. The second kappa shape index (κ2) is 4.86. The Bertz CT molecular complexity index is 624. The van der Waals surface area contributed by atoms with Gasteiger partial charge < -0.3 is 0 Å². The summed E-state index contributed by atoms with van der Waals surface area (Å²) >= 11 is 0. The molecule has 1 unspecified atom stereocenters. The summed E-state index contributed by atoms with van der Waals surface area (Å²) in [6.45, 7) is 6.56. The van der Waals surface area contributed by atoms with E-state index in [0.29, 0.717) is 5.92 Å². The van der Waals surface area contributed by atoms with Crippen LogP contribution < -0.4 is 0 Å². The molecule has 0 N–H and O–H groups in total. The summed E-state index contributed by atoms with van der Waals surface area (Å²) in [5.74, 6) is 0.432. The lowest BCUT2D eigenvalue weighted by molar-refractivity contribution is 0.452. The van der Waals surface area contributed by atoms with Crippen LogP contribution in [0.25, 0.3) is 0 Å². The summed E-state index contributed by atoms with van der Waals surface area (Å²) in [5.41, 5.74) is 5.03. The predicted octanol–water partition coefficient (Wildman–Crippen LogP) is 4.15. The van der Waals surface area contributed by atoms with Crippen molar-refractivity contribution in [1.29, 1.82) is 0 Å². The average Bonchev–Trinajstić information content (AvgIpc) is 2.76. The van der Waals surface area contributed by atoms with Crippen molar-refractivity contribution < 1.29 is 0 Å². The molecule has 0 aliphatic carbocycles. The summed E-state index contributed by atoms with van der Waals surface area (Å²) in [4.78, 5) is 9.09. The maximum absolute atomic E-state index is 4.97. The van der Waals surface area contributed by atoms with Crippen molar-refractivity contribution >= 4 is 5.71 Å². The Morgan fingerprint density at radius 3 is 2.30 bits per heavy atom. The van der Waals surface area contributed by atoms with Crippen molar-refractivity contribution in [2.45, 2.75) is 38.6 Å². The molecule has 1 aromatic heterocycles. The Morgan fingerprint density at radius 1 is 1.00 bits per heavy atom. The molecule has 2 aromatic rings. The van der Waals surface area contributed by atoms with Gasteiger partial charge in [0.1, 0.15) is 0 Å². The summed E-state index contributed by atoms with van der Waals surface area (Å²) < 4.78 is 0. The molecular weight excluding hydrogens is 244 g/mol. The lowest BCUT2D eigenvalue weighted by atomic mass is 9.82. The second-order valence-electron chi connectivity index (χ2n) is 6.12. The van der Waals surface area contributed by atoms with Gasteiger partial charge in [0.25, 0.3) is 0 Å². The molecule has 1 atom stereocenters. The summed E-state index contributed by atoms with van der Waals surface area (Å²) in [6, 6.07) is 12.9. The molecule has 3 rings (SSSR count). The number of hydrogen-bond acceptors (Lipinski definition) is 2. The predicted molar refractivity (Wildman–Crippen MR) is 83.4 cm³/mol. The van der Waals surface area contributed by atoms with Crippen LogP contribution in [0.3, 0.4) is 0 Å². The van der Waals surface area contributed by atoms with Crippen LogP contribution in [-0.2, 0) is 0 Å². The van der Waals surface area contributed by atoms with E-state index in [2.05, 4.69) is 62.2 Å². The molecule has 20 heavy (non-hydrogen) atoms. The van der Waals surface area contributed by atoms with Gasteiger partial charge in [0.15, 0.2) is 0 Å². The normalized spacial score (nSPS) is 20.8. The van der Waals surface area contributed by atoms with Crippen LogP contribution in [0.15, 0.2) is 53.8 Å². The van der Waals surface area contributed by atoms with E-state index in [1.165, 1.54) is 22.4 Å². The largest absolute Gasteiger partial charge is 0.282 e. The van der Waals surface area contributed by atoms with Gasteiger partial charge in [-0.2, -0.15) is 0 Å². The molecule has 0 amide bonds. The Kier molecular flexibility index (Phi) is 3.17. The fourth-order valence-corrected chi connectivity index (χ4v) is 2.96. The Morgan fingerprint density at radius 2 is 1.65 bits per heavy atom. The first kappa shape index (κ1) is 13.0. The van der Waals surface area contributed by atoms with Gasteiger partial charge in [0.2, 0.25) is 0 Å². The number of aryl methyl sites for hydroxylation is 1. The molecule has 1 aliphatic heterocycles. The first-order valence-electron chi connectivity index (χ1n) is 7.12. The molecule has 2 nitrogen and oxygen atoms in total. The van der Waals surface area contributed by atoms with Crippen LogP contribution in [-0.4, -0.2) is 16.2 Å². The molecule has 2 heterocycles. The molecule has 1 aromatic carbocycles. The minimum atomic E-state index is -0.0540. The first-order valence-corrected chi connectivity index (χ1v) is 7.12. The van der Waals surface area contributed by atoms with E-state index < -0.39 is 0 Å². The third-order valence-corrected chi connectivity index (χ3v) is 4.17. The average molecular weight is 264 g/mol. The van der Waals surface area contributed by atoms with Gasteiger partial charge in [-0.05, 0) is 50.5 Å². The highest BCUT2D eigenvalue weighted by atomic mass is 14.9. The van der Waals surface area contributed by atoms with E-state index in [1.807, 2.05) is 12.4 Å². The van der Waals surface area contributed by atoms with Crippen molar-refractivity contribution in [2.24, 2.45) is 4.99 Å². The summed E-state index contributed by atoms with van der Waals surface area (Å²) in [5, 5.41) is 0. The number of hydrogen-bond donors (Lipinski definition) is 0. The first-order chi connectivity index (χ1) is 9.56. The highest BCUT2D eigenvalue weighted by Crippen LogP contribution is 2.40. The van der Waals surface area contributed by atoms with Crippen LogP contribution in [0.5, 0.6) is 0 Å². The van der Waals surface area contributed by atoms with Crippen molar-refractivity contribution in [2.75, 3.05) is 0 Å². The summed E-state index contributed by atoms with van der Waals surface area (Å²) in [6.07, 6.45) is 4.74. The number of pyridine rings is 1. The van der Waals surface area contributed by atoms with Crippen LogP contribution >= 0.6 is 0 Å². The van der Waals surface area contributed by atoms with Crippen LogP contribution in [0.4, 0.5) is 0 Å². The highest BCUT2D eigenvalue weighted by molar-refractivity contribution is 6.02. The van der Waals surface area contributed by atoms with Crippen LogP contribution in [0.1, 0.15) is 42.9 Å². The van der Waals surface area contributed by atoms with Gasteiger partial charge in [-0.25, -0.2) is 0 Å². The van der Waals surface area contributed by atoms with Gasteiger partial charge in [-0.15, -0.1) is 0 Å². The zero-order valence-electron chi connectivity index (χ0n) is 12.3. The van der Waals surface area contributed by atoms with E-state index >= 15 is 0 Å². The zero-order chi connectivity index (χ0) is 14.2. The van der Waals surface area contributed by atoms with Crippen molar-refractivity contribution in [3.05, 3.63) is 65.5 Å². The van der Waals surface area contributed by atoms with Crippen LogP contribution in [0, 0.1) is 6.92 Å². The maximum Gasteiger partial charge on any atom is 0.0627 e. The molecule has 0 saturated carbocycles. The minimum Gasteiger partial charge on any atom is -0.282 e. The molecule has 102 valence electrons. The lowest BCUT2D eigenvalue weighted by Crippen LogP contribution is -2.22. The number of benzene rings is 1. The van der Waals surface area contributed by atoms with Crippen molar-refractivity contribution in [1.82, 2.24) is 4.98 Å². The molecule has 0 bridgehead atoms. The molecule has 2 heteroatoms. The van der Waals surface area contributed by atoms with Crippen molar-refractivity contribution in [3.63, 3.8) is 0 Å². The minimum absolute atomic E-state index is 0.0540. The monoisotopic (exact) mass is 264 g/mol. The van der Waals surface area contributed by atoms with Gasteiger partial charge in [-0.3, -0.25) is 9.98 Å². The Balaban J connectivity index is 1.92. The molecule has 0 spiro atoms. The molecule has 1 aliphatic rings. The summed E-state index contributed by atoms with van der Waals surface area (Å²) in [7, 11) is 0. The van der Waals surface area contributed by atoms with E-state index in [9.17, 15) is 0 Å². The van der Waals surface area contributed by atoms with Gasteiger partial charge in [0.05, 0.1) is 5.54 Å². The molecular formula is C18H20N2. The van der Waals surface area contributed by atoms with E-state index in [-0.39, 0.29) is 5.54 Å². The fourth-order valence-electron chi connectivity index (χ4n) is 2.96.